The van der Waals surface area contributed by atoms with Crippen LogP contribution in [0.5, 0.6) is 0 Å². The summed E-state index contributed by atoms with van der Waals surface area (Å²) in [4.78, 5) is 30.8. The van der Waals surface area contributed by atoms with Gasteiger partial charge < -0.3 is 15.4 Å². The average molecular weight is 505 g/mol. The summed E-state index contributed by atoms with van der Waals surface area (Å²) in [6, 6.07) is 22.4. The summed E-state index contributed by atoms with van der Waals surface area (Å²) in [5.41, 5.74) is 2.76. The number of aliphatic imine (C=N–C) groups is 1. The number of carbonyl (C=O) groups excluding carboxylic acids is 2. The number of nitrogens with zero attached hydrogens (tertiary/aromatic N) is 2. The fraction of sp³-hybridized carbons (Fsp3) is 0.192. The van der Waals surface area contributed by atoms with Crippen LogP contribution in [0.25, 0.3) is 0 Å². The second kappa shape index (κ2) is 10.0. The molecular formula is C26H24N4O5S. The lowest BCUT2D eigenvalue weighted by molar-refractivity contribution is -0.117. The van der Waals surface area contributed by atoms with E-state index in [-0.39, 0.29) is 23.5 Å². The zero-order valence-corrected chi connectivity index (χ0v) is 20.1. The predicted molar refractivity (Wildman–Crippen MR) is 134 cm³/mol. The summed E-state index contributed by atoms with van der Waals surface area (Å²) < 4.78 is 32.6. The Hall–Kier alpha value is -3.86. The van der Waals surface area contributed by atoms with Crippen LogP contribution in [0.15, 0.2) is 88.8 Å². The third-order valence-corrected chi connectivity index (χ3v) is 7.86. The van der Waals surface area contributed by atoms with Gasteiger partial charge in [-0.15, -0.1) is 0 Å². The maximum atomic E-state index is 13.2. The van der Waals surface area contributed by atoms with Crippen LogP contribution in [-0.2, 0) is 19.6 Å². The van der Waals surface area contributed by atoms with Crippen molar-refractivity contribution in [2.75, 3.05) is 31.6 Å². The summed E-state index contributed by atoms with van der Waals surface area (Å²) >= 11 is 0. The quantitative estimate of drug-likeness (QED) is 0.553. The molecule has 2 amide bonds. The number of hydrogen-bond donors (Lipinski definition) is 2. The van der Waals surface area contributed by atoms with E-state index in [0.29, 0.717) is 24.6 Å². The second-order valence-electron chi connectivity index (χ2n) is 8.30. The van der Waals surface area contributed by atoms with Gasteiger partial charge in [-0.25, -0.2) is 13.4 Å². The number of benzodiazepines with no additional fused rings is 1. The molecule has 1 fully saturated rings. The minimum absolute atomic E-state index is 0.00301. The molecule has 1 atom stereocenters. The number of morpholine rings is 1. The molecular weight excluding hydrogens is 480 g/mol. The summed E-state index contributed by atoms with van der Waals surface area (Å²) in [6.07, 6.45) is -1.22. The number of rotatable bonds is 5. The highest BCUT2D eigenvalue weighted by Gasteiger charge is 2.29. The molecule has 0 unspecified atom stereocenters. The van der Waals surface area contributed by atoms with E-state index in [1.165, 1.54) is 28.6 Å². The molecule has 0 bridgehead atoms. The molecule has 0 saturated carbocycles. The van der Waals surface area contributed by atoms with Gasteiger partial charge in [-0.3, -0.25) is 9.59 Å². The zero-order valence-electron chi connectivity index (χ0n) is 19.3. The van der Waals surface area contributed by atoms with E-state index in [2.05, 4.69) is 15.6 Å². The molecule has 2 aliphatic heterocycles. The van der Waals surface area contributed by atoms with E-state index in [0.717, 1.165) is 11.1 Å². The fourth-order valence-corrected chi connectivity index (χ4v) is 5.58. The van der Waals surface area contributed by atoms with Gasteiger partial charge >= 0.3 is 0 Å². The van der Waals surface area contributed by atoms with E-state index in [4.69, 9.17) is 4.74 Å². The normalized spacial score (nSPS) is 18.4. The van der Waals surface area contributed by atoms with Crippen molar-refractivity contribution in [1.82, 2.24) is 9.62 Å². The van der Waals surface area contributed by atoms with Gasteiger partial charge in [-0.05, 0) is 24.3 Å². The molecule has 2 heterocycles. The van der Waals surface area contributed by atoms with Crippen LogP contribution >= 0.6 is 0 Å². The summed E-state index contributed by atoms with van der Waals surface area (Å²) in [6.45, 7) is 1.14. The Bertz CT molecular complexity index is 1430. The van der Waals surface area contributed by atoms with Crippen molar-refractivity contribution in [2.24, 2.45) is 4.99 Å². The number of sulfonamides is 1. The van der Waals surface area contributed by atoms with Crippen LogP contribution in [0, 0.1) is 0 Å². The molecule has 36 heavy (non-hydrogen) atoms. The van der Waals surface area contributed by atoms with Gasteiger partial charge in [0.2, 0.25) is 16.2 Å². The van der Waals surface area contributed by atoms with E-state index in [1.54, 1.807) is 12.1 Å². The van der Waals surface area contributed by atoms with Gasteiger partial charge in [0.15, 0.2) is 0 Å². The van der Waals surface area contributed by atoms with E-state index < -0.39 is 28.0 Å². The first kappa shape index (κ1) is 23.9. The average Bonchev–Trinajstić information content (AvgIpc) is 3.06. The van der Waals surface area contributed by atoms with Crippen molar-refractivity contribution in [3.63, 3.8) is 0 Å². The Morgan fingerprint density at radius 1 is 0.972 bits per heavy atom. The summed E-state index contributed by atoms with van der Waals surface area (Å²) in [7, 11) is -3.78. The number of para-hydroxylation sites is 1. The van der Waals surface area contributed by atoms with Gasteiger partial charge in [0.25, 0.3) is 11.8 Å². The highest BCUT2D eigenvalue weighted by Crippen LogP contribution is 2.24. The molecule has 0 radical (unpaired) electrons. The predicted octanol–water partition coefficient (Wildman–Crippen LogP) is 2.25. The van der Waals surface area contributed by atoms with Gasteiger partial charge in [0, 0.05) is 29.8 Å². The third-order valence-electron chi connectivity index (χ3n) is 5.97. The van der Waals surface area contributed by atoms with Crippen molar-refractivity contribution in [2.45, 2.75) is 11.1 Å². The second-order valence-corrected chi connectivity index (χ2v) is 10.2. The molecule has 5 rings (SSSR count). The Balaban J connectivity index is 1.44. The Morgan fingerprint density at radius 2 is 1.69 bits per heavy atom. The number of anilines is 1. The first-order valence-electron chi connectivity index (χ1n) is 11.5. The van der Waals surface area contributed by atoms with Crippen LogP contribution in [0.2, 0.25) is 0 Å². The summed E-state index contributed by atoms with van der Waals surface area (Å²) in [5, 5.41) is 5.48. The third kappa shape index (κ3) is 4.78. The van der Waals surface area contributed by atoms with Crippen molar-refractivity contribution in [3.8, 4) is 0 Å². The molecule has 0 aliphatic carbocycles. The van der Waals surface area contributed by atoms with E-state index >= 15 is 0 Å². The van der Waals surface area contributed by atoms with E-state index in [1.807, 2.05) is 42.5 Å². The van der Waals surface area contributed by atoms with Gasteiger partial charge in [0.05, 0.1) is 29.5 Å². The summed E-state index contributed by atoms with van der Waals surface area (Å²) in [5.74, 6) is -1.12. The maximum Gasteiger partial charge on any atom is 0.269 e. The Labute approximate surface area is 208 Å². The first-order chi connectivity index (χ1) is 17.4. The number of hydrogen-bond acceptors (Lipinski definition) is 6. The first-order valence-corrected chi connectivity index (χ1v) is 12.9. The molecule has 2 N–H and O–H groups in total. The molecule has 0 spiro atoms. The van der Waals surface area contributed by atoms with Crippen molar-refractivity contribution in [1.29, 1.82) is 0 Å². The lowest BCUT2D eigenvalue weighted by Crippen LogP contribution is -2.42. The molecule has 9 nitrogen and oxygen atoms in total. The molecule has 3 aromatic carbocycles. The number of nitrogens with one attached hydrogen (secondary N) is 2. The van der Waals surface area contributed by atoms with Crippen molar-refractivity contribution >= 4 is 33.2 Å². The van der Waals surface area contributed by atoms with Crippen molar-refractivity contribution < 1.29 is 22.7 Å². The largest absolute Gasteiger partial charge is 0.379 e. The maximum absolute atomic E-state index is 13.2. The molecule has 3 aromatic rings. The van der Waals surface area contributed by atoms with Gasteiger partial charge in [-0.2, -0.15) is 4.31 Å². The molecule has 184 valence electrons. The molecule has 2 aliphatic rings. The number of benzene rings is 3. The number of ether oxygens (including phenoxy) is 1. The van der Waals surface area contributed by atoms with Gasteiger partial charge in [0.1, 0.15) is 0 Å². The highest BCUT2D eigenvalue weighted by molar-refractivity contribution is 7.89. The lowest BCUT2D eigenvalue weighted by atomic mass is 10.0. The van der Waals surface area contributed by atoms with Crippen molar-refractivity contribution in [3.05, 3.63) is 95.6 Å². The lowest BCUT2D eigenvalue weighted by Gasteiger charge is -2.26. The van der Waals surface area contributed by atoms with Gasteiger partial charge in [-0.1, -0.05) is 54.6 Å². The minimum Gasteiger partial charge on any atom is -0.379 e. The Kier molecular flexibility index (Phi) is 6.64. The minimum atomic E-state index is -3.78. The number of amides is 2. The SMILES string of the molecule is O=C(N[C@H]1N=C(c2ccccc2)c2ccccc2NC1=O)c1cccc(S(=O)(=O)N2CCOCC2)c1. The number of fused-ring (bicyclic) bond motifs is 1. The van der Waals surface area contributed by atoms with Crippen LogP contribution < -0.4 is 10.6 Å². The monoisotopic (exact) mass is 504 g/mol. The van der Waals surface area contributed by atoms with E-state index in [9.17, 15) is 18.0 Å². The highest BCUT2D eigenvalue weighted by atomic mass is 32.2. The fourth-order valence-electron chi connectivity index (χ4n) is 4.12. The molecule has 0 aromatic heterocycles. The smallest absolute Gasteiger partial charge is 0.269 e. The number of carbonyl (C=O) groups is 2. The standard InChI is InChI=1S/C26H24N4O5S/c31-25(19-9-6-10-20(17-19)36(33,34)30-13-15-35-16-14-30)29-24-26(32)27-22-12-5-4-11-21(22)23(28-24)18-7-2-1-3-8-18/h1-12,17,24H,13-16H2,(H,27,32)(H,29,31)/t24-/m1/s1. The van der Waals surface area contributed by atoms with Crippen LogP contribution in [0.1, 0.15) is 21.5 Å². The van der Waals surface area contributed by atoms with Crippen LogP contribution in [-0.4, -0.2) is 62.7 Å². The Morgan fingerprint density at radius 3 is 2.47 bits per heavy atom. The topological polar surface area (TPSA) is 117 Å². The van der Waals surface area contributed by atoms with Crippen LogP contribution in [0.4, 0.5) is 5.69 Å². The molecule has 10 heteroatoms. The van der Waals surface area contributed by atoms with Crippen LogP contribution in [0.3, 0.4) is 0 Å². The molecule has 1 saturated heterocycles. The zero-order chi connectivity index (χ0) is 25.1.